The lowest BCUT2D eigenvalue weighted by atomic mass is 10.1. The standard InChI is InChI=1S/C28H36N4O6S/c1-30(2)14-15-39(34,35)29-22-7-5-8-23(16-22)32-12-10-31(11-13-32)9-4-3-6-21-19-36-25-18-27-26(37-20-38-27)17-24(25)28(21)33/h5,7-8,16-19,29H,3-4,6,9-15,20H2,1-2H3. The van der Waals surface area contributed by atoms with E-state index in [9.17, 15) is 13.2 Å². The van der Waals surface area contributed by atoms with Crippen LogP contribution >= 0.6 is 0 Å². The molecule has 1 saturated heterocycles. The normalized spacial score (nSPS) is 15.8. The molecule has 2 aliphatic rings. The SMILES string of the molecule is CN(C)CCS(=O)(=O)Nc1cccc(N2CCN(CCCCc3coc4cc5c(cc4c3=O)OCO5)CC2)c1. The fourth-order valence-corrected chi connectivity index (χ4v) is 6.11. The molecule has 0 aliphatic carbocycles. The molecule has 0 atom stereocenters. The molecule has 0 unspecified atom stereocenters. The molecule has 0 saturated carbocycles. The van der Waals surface area contributed by atoms with Gasteiger partial charge in [-0.2, -0.15) is 0 Å². The number of nitrogens with one attached hydrogen (secondary N) is 1. The Morgan fingerprint density at radius 3 is 2.54 bits per heavy atom. The van der Waals surface area contributed by atoms with E-state index in [0.717, 1.165) is 51.3 Å². The zero-order valence-corrected chi connectivity index (χ0v) is 23.3. The highest BCUT2D eigenvalue weighted by Crippen LogP contribution is 2.35. The van der Waals surface area contributed by atoms with Gasteiger partial charge in [0.2, 0.25) is 16.8 Å². The number of sulfonamides is 1. The molecular weight excluding hydrogens is 520 g/mol. The number of nitrogens with zero attached hydrogens (tertiary/aromatic N) is 3. The van der Waals surface area contributed by atoms with Gasteiger partial charge in [0.25, 0.3) is 0 Å². The van der Waals surface area contributed by atoms with Gasteiger partial charge in [-0.1, -0.05) is 6.07 Å². The highest BCUT2D eigenvalue weighted by atomic mass is 32.2. The topological polar surface area (TPSA) is 105 Å². The van der Waals surface area contributed by atoms with E-state index >= 15 is 0 Å². The van der Waals surface area contributed by atoms with Gasteiger partial charge in [0.05, 0.1) is 23.1 Å². The van der Waals surface area contributed by atoms with E-state index in [-0.39, 0.29) is 18.0 Å². The van der Waals surface area contributed by atoms with Crippen molar-refractivity contribution >= 4 is 32.4 Å². The maximum absolute atomic E-state index is 12.9. The minimum absolute atomic E-state index is 0.00890. The third kappa shape index (κ3) is 6.84. The fourth-order valence-electron chi connectivity index (χ4n) is 4.91. The van der Waals surface area contributed by atoms with Gasteiger partial charge in [-0.05, 0) is 64.2 Å². The van der Waals surface area contributed by atoms with Crippen LogP contribution in [0.2, 0.25) is 0 Å². The summed E-state index contributed by atoms with van der Waals surface area (Å²) in [7, 11) is 0.325. The molecule has 2 aliphatic heterocycles. The van der Waals surface area contributed by atoms with Crippen LogP contribution in [0.5, 0.6) is 11.5 Å². The summed E-state index contributed by atoms with van der Waals surface area (Å²) in [4.78, 5) is 19.5. The second-order valence-corrected chi connectivity index (χ2v) is 12.2. The second kappa shape index (κ2) is 11.8. The number of hydrogen-bond acceptors (Lipinski definition) is 9. The van der Waals surface area contributed by atoms with Crippen LogP contribution in [-0.4, -0.2) is 84.1 Å². The van der Waals surface area contributed by atoms with Crippen molar-refractivity contribution in [3.8, 4) is 11.5 Å². The first-order valence-corrected chi connectivity index (χ1v) is 15.0. The quantitative estimate of drug-likeness (QED) is 0.357. The number of benzene rings is 2. The van der Waals surface area contributed by atoms with E-state index < -0.39 is 10.0 Å². The van der Waals surface area contributed by atoms with E-state index in [2.05, 4.69) is 14.5 Å². The molecule has 3 heterocycles. The number of anilines is 2. The molecule has 2 aromatic carbocycles. The number of hydrogen-bond donors (Lipinski definition) is 1. The highest BCUT2D eigenvalue weighted by Gasteiger charge is 2.20. The Balaban J connectivity index is 1.08. The molecule has 1 aromatic heterocycles. The smallest absolute Gasteiger partial charge is 0.233 e. The Hall–Kier alpha value is -3.28. The van der Waals surface area contributed by atoms with E-state index in [4.69, 9.17) is 13.9 Å². The summed E-state index contributed by atoms with van der Waals surface area (Å²) in [5.41, 5.74) is 2.80. The lowest BCUT2D eigenvalue weighted by Crippen LogP contribution is -2.46. The summed E-state index contributed by atoms with van der Waals surface area (Å²) in [6.07, 6.45) is 4.13. The number of piperazine rings is 1. The lowest BCUT2D eigenvalue weighted by Gasteiger charge is -2.36. The summed E-state index contributed by atoms with van der Waals surface area (Å²) in [5, 5.41) is 0.526. The van der Waals surface area contributed by atoms with Crippen LogP contribution in [0.4, 0.5) is 11.4 Å². The number of aryl methyl sites for hydroxylation is 1. The number of fused-ring (bicyclic) bond motifs is 2. The predicted octanol–water partition coefficient (Wildman–Crippen LogP) is 2.97. The van der Waals surface area contributed by atoms with Gasteiger partial charge in [-0.15, -0.1) is 0 Å². The predicted molar refractivity (Wildman–Crippen MR) is 153 cm³/mol. The first kappa shape index (κ1) is 27.3. The molecule has 210 valence electrons. The monoisotopic (exact) mass is 556 g/mol. The minimum atomic E-state index is -3.39. The number of ether oxygens (including phenoxy) is 2. The molecule has 1 N–H and O–H groups in total. The van der Waals surface area contributed by atoms with Gasteiger partial charge >= 0.3 is 0 Å². The molecular formula is C28H36N4O6S. The maximum atomic E-state index is 12.9. The van der Waals surface area contributed by atoms with Crippen LogP contribution in [0.15, 0.2) is 51.9 Å². The van der Waals surface area contributed by atoms with Crippen LogP contribution < -0.4 is 24.5 Å². The molecule has 0 spiro atoms. The van der Waals surface area contributed by atoms with E-state index in [0.29, 0.717) is 46.7 Å². The number of rotatable bonds is 11. The lowest BCUT2D eigenvalue weighted by molar-refractivity contribution is 0.174. The summed E-state index contributed by atoms with van der Waals surface area (Å²) in [6.45, 7) is 5.22. The summed E-state index contributed by atoms with van der Waals surface area (Å²) in [5.74, 6) is 1.24. The summed E-state index contributed by atoms with van der Waals surface area (Å²) in [6, 6.07) is 11.0. The Bertz CT molecular complexity index is 1460. The molecule has 11 heteroatoms. The van der Waals surface area contributed by atoms with Crippen molar-refractivity contribution in [1.29, 1.82) is 0 Å². The maximum Gasteiger partial charge on any atom is 0.233 e. The van der Waals surface area contributed by atoms with Crippen LogP contribution in [0.1, 0.15) is 18.4 Å². The minimum Gasteiger partial charge on any atom is -0.464 e. The van der Waals surface area contributed by atoms with Crippen molar-refractivity contribution < 1.29 is 22.3 Å². The van der Waals surface area contributed by atoms with E-state index in [1.54, 1.807) is 24.5 Å². The Morgan fingerprint density at radius 1 is 1.00 bits per heavy atom. The second-order valence-electron chi connectivity index (χ2n) is 10.4. The Labute approximate surface area is 229 Å². The molecule has 0 amide bonds. The van der Waals surface area contributed by atoms with Crippen molar-refractivity contribution in [1.82, 2.24) is 9.80 Å². The molecule has 39 heavy (non-hydrogen) atoms. The first-order chi connectivity index (χ1) is 18.8. The van der Waals surface area contributed by atoms with Gasteiger partial charge in [0.1, 0.15) is 5.58 Å². The van der Waals surface area contributed by atoms with Crippen molar-refractivity contribution in [2.24, 2.45) is 0 Å². The van der Waals surface area contributed by atoms with Crippen LogP contribution in [0.25, 0.3) is 11.0 Å². The van der Waals surface area contributed by atoms with Crippen molar-refractivity contribution in [3.63, 3.8) is 0 Å². The average molecular weight is 557 g/mol. The van der Waals surface area contributed by atoms with Crippen molar-refractivity contribution in [3.05, 3.63) is 58.4 Å². The molecule has 0 radical (unpaired) electrons. The van der Waals surface area contributed by atoms with Crippen molar-refractivity contribution in [2.75, 3.05) is 75.5 Å². The zero-order valence-electron chi connectivity index (χ0n) is 22.5. The Kier molecular flexibility index (Phi) is 8.29. The molecule has 5 rings (SSSR count). The van der Waals surface area contributed by atoms with Gasteiger partial charge in [0, 0.05) is 50.0 Å². The van der Waals surface area contributed by atoms with Gasteiger partial charge < -0.3 is 23.7 Å². The summed E-state index contributed by atoms with van der Waals surface area (Å²) >= 11 is 0. The largest absolute Gasteiger partial charge is 0.464 e. The molecule has 10 nitrogen and oxygen atoms in total. The van der Waals surface area contributed by atoms with E-state index in [1.165, 1.54) is 0 Å². The third-order valence-electron chi connectivity index (χ3n) is 7.17. The fraction of sp³-hybridized carbons (Fsp3) is 0.464. The van der Waals surface area contributed by atoms with Crippen molar-refractivity contribution in [2.45, 2.75) is 19.3 Å². The average Bonchev–Trinajstić information content (AvgIpc) is 3.38. The van der Waals surface area contributed by atoms with E-state index in [1.807, 2.05) is 37.2 Å². The van der Waals surface area contributed by atoms with Gasteiger partial charge in [-0.3, -0.25) is 14.4 Å². The first-order valence-electron chi connectivity index (χ1n) is 13.3. The van der Waals surface area contributed by atoms with Gasteiger partial charge in [-0.25, -0.2) is 8.42 Å². The zero-order chi connectivity index (χ0) is 27.4. The Morgan fingerprint density at radius 2 is 1.77 bits per heavy atom. The molecule has 1 fully saturated rings. The number of unbranched alkanes of at least 4 members (excludes halogenated alkanes) is 1. The molecule has 0 bridgehead atoms. The van der Waals surface area contributed by atoms with Crippen LogP contribution in [0, 0.1) is 0 Å². The highest BCUT2D eigenvalue weighted by molar-refractivity contribution is 7.92. The summed E-state index contributed by atoms with van der Waals surface area (Å²) < 4.78 is 43.9. The van der Waals surface area contributed by atoms with Crippen LogP contribution in [-0.2, 0) is 16.4 Å². The van der Waals surface area contributed by atoms with Crippen LogP contribution in [0.3, 0.4) is 0 Å². The molecule has 3 aromatic rings. The third-order valence-corrected chi connectivity index (χ3v) is 8.44. The van der Waals surface area contributed by atoms with Gasteiger partial charge in [0.15, 0.2) is 16.9 Å².